The van der Waals surface area contributed by atoms with E-state index in [1.807, 2.05) is 6.92 Å². The van der Waals surface area contributed by atoms with E-state index in [4.69, 9.17) is 9.90 Å². The molecule has 1 aliphatic carbocycles. The van der Waals surface area contributed by atoms with Crippen molar-refractivity contribution in [1.29, 1.82) is 0 Å². The van der Waals surface area contributed by atoms with E-state index in [1.165, 1.54) is 10.6 Å². The number of thiazole rings is 1. The fourth-order valence-electron chi connectivity index (χ4n) is 4.57. The molecule has 0 aromatic carbocycles. The maximum Gasteiger partial charge on any atom is 0.290 e. The number of anilines is 1. The maximum absolute atomic E-state index is 13.4. The minimum absolute atomic E-state index is 0.104. The normalized spacial score (nSPS) is 22.2. The number of rotatable bonds is 1. The number of nitrogens with zero attached hydrogens (tertiary/aromatic N) is 3. The van der Waals surface area contributed by atoms with Gasteiger partial charge in [-0.05, 0) is 25.2 Å². The standard InChI is InChI=1S/C17H23F2N3S.CH2O2/c1-10-13(21-8-17(18,19)9-21)22-11-6-15(2,3)7-16(4,5)12(11)23-14(22)20-10;2-1-3/h6-9H2,1-5H3;1H,(H,2,3). The van der Waals surface area contributed by atoms with Gasteiger partial charge in [0.2, 0.25) is 0 Å². The summed E-state index contributed by atoms with van der Waals surface area (Å²) < 4.78 is 28.9. The van der Waals surface area contributed by atoms with Crippen molar-refractivity contribution in [2.24, 2.45) is 5.41 Å². The van der Waals surface area contributed by atoms with Gasteiger partial charge in [-0.25, -0.2) is 13.8 Å². The Morgan fingerprint density at radius 3 is 2.35 bits per heavy atom. The fourth-order valence-corrected chi connectivity index (χ4v) is 5.85. The molecule has 0 saturated carbocycles. The monoisotopic (exact) mass is 385 g/mol. The van der Waals surface area contributed by atoms with Gasteiger partial charge in [0.25, 0.3) is 12.4 Å². The first kappa shape index (κ1) is 19.1. The molecule has 4 rings (SSSR count). The van der Waals surface area contributed by atoms with Gasteiger partial charge in [-0.2, -0.15) is 0 Å². The predicted molar refractivity (Wildman–Crippen MR) is 98.8 cm³/mol. The van der Waals surface area contributed by atoms with Crippen LogP contribution in [-0.4, -0.2) is 40.0 Å². The molecule has 2 aromatic heterocycles. The maximum atomic E-state index is 13.4. The topological polar surface area (TPSA) is 57.8 Å². The van der Waals surface area contributed by atoms with Crippen LogP contribution >= 0.6 is 11.3 Å². The number of imidazole rings is 1. The molecular weight excluding hydrogens is 360 g/mol. The third kappa shape index (κ3) is 3.08. The number of aromatic nitrogens is 2. The van der Waals surface area contributed by atoms with Crippen LogP contribution in [0.4, 0.5) is 14.6 Å². The van der Waals surface area contributed by atoms with Crippen LogP contribution in [0.15, 0.2) is 0 Å². The molecule has 2 aromatic rings. The second-order valence-electron chi connectivity index (χ2n) is 8.74. The highest BCUT2D eigenvalue weighted by atomic mass is 32.1. The van der Waals surface area contributed by atoms with Crippen LogP contribution in [-0.2, 0) is 16.6 Å². The molecule has 1 N–H and O–H groups in total. The van der Waals surface area contributed by atoms with Crippen LogP contribution in [0.1, 0.15) is 50.4 Å². The second kappa shape index (κ2) is 5.90. The Balaban J connectivity index is 0.000000613. The molecule has 0 bridgehead atoms. The number of hydrogen-bond donors (Lipinski definition) is 1. The fraction of sp³-hybridized carbons (Fsp3) is 0.667. The third-order valence-electron chi connectivity index (χ3n) is 5.04. The van der Waals surface area contributed by atoms with Crippen molar-refractivity contribution >= 4 is 28.6 Å². The van der Waals surface area contributed by atoms with Gasteiger partial charge in [0.05, 0.1) is 18.8 Å². The summed E-state index contributed by atoms with van der Waals surface area (Å²) in [5, 5.41) is 6.89. The molecule has 5 nitrogen and oxygen atoms in total. The smallest absolute Gasteiger partial charge is 0.290 e. The number of hydrogen-bond acceptors (Lipinski definition) is 4. The summed E-state index contributed by atoms with van der Waals surface area (Å²) in [7, 11) is 0. The summed E-state index contributed by atoms with van der Waals surface area (Å²) in [6.07, 6.45) is 2.10. The summed E-state index contributed by atoms with van der Waals surface area (Å²) in [4.78, 5) is 17.1. The van der Waals surface area contributed by atoms with E-state index in [-0.39, 0.29) is 30.4 Å². The van der Waals surface area contributed by atoms with Gasteiger partial charge in [0.1, 0.15) is 5.82 Å². The van der Waals surface area contributed by atoms with Crippen LogP contribution in [0.5, 0.6) is 0 Å². The molecule has 2 aliphatic rings. The quantitative estimate of drug-likeness (QED) is 0.751. The number of aryl methyl sites for hydroxylation is 1. The number of alkyl halides is 2. The van der Waals surface area contributed by atoms with Crippen molar-refractivity contribution in [2.75, 3.05) is 18.0 Å². The van der Waals surface area contributed by atoms with E-state index in [9.17, 15) is 8.78 Å². The molecule has 3 heterocycles. The lowest BCUT2D eigenvalue weighted by molar-refractivity contribution is -0.122. The Hall–Kier alpha value is -1.70. The highest BCUT2D eigenvalue weighted by Gasteiger charge is 2.47. The number of carbonyl (C=O) groups is 1. The molecule has 1 saturated heterocycles. The first-order chi connectivity index (χ1) is 11.9. The summed E-state index contributed by atoms with van der Waals surface area (Å²) in [6.45, 7) is 10.4. The van der Waals surface area contributed by atoms with E-state index >= 15 is 0 Å². The predicted octanol–water partition coefficient (Wildman–Crippen LogP) is 4.11. The molecule has 0 atom stereocenters. The van der Waals surface area contributed by atoms with E-state index in [1.54, 1.807) is 16.2 Å². The molecule has 1 aliphatic heterocycles. The lowest BCUT2D eigenvalue weighted by atomic mass is 9.67. The Labute approximate surface area is 155 Å². The molecule has 0 unspecified atom stereocenters. The average Bonchev–Trinajstić information content (AvgIpc) is 2.91. The van der Waals surface area contributed by atoms with E-state index < -0.39 is 5.92 Å². The number of carboxylic acid groups (broad SMARTS) is 1. The van der Waals surface area contributed by atoms with Crippen molar-refractivity contribution in [3.8, 4) is 0 Å². The van der Waals surface area contributed by atoms with Crippen molar-refractivity contribution < 1.29 is 18.7 Å². The van der Waals surface area contributed by atoms with Gasteiger partial charge >= 0.3 is 0 Å². The Bertz CT molecular complexity index is 846. The van der Waals surface area contributed by atoms with E-state index in [2.05, 4.69) is 37.1 Å². The van der Waals surface area contributed by atoms with Crippen molar-refractivity contribution in [2.45, 2.75) is 58.8 Å². The molecule has 144 valence electrons. The second-order valence-corrected chi connectivity index (χ2v) is 9.71. The molecule has 0 radical (unpaired) electrons. The van der Waals surface area contributed by atoms with Crippen LogP contribution in [0.25, 0.3) is 4.96 Å². The Morgan fingerprint density at radius 1 is 1.23 bits per heavy atom. The minimum atomic E-state index is -2.56. The largest absolute Gasteiger partial charge is 0.483 e. The Kier molecular flexibility index (Phi) is 4.33. The van der Waals surface area contributed by atoms with Gasteiger partial charge in [0, 0.05) is 16.0 Å². The number of halogens is 2. The molecule has 0 amide bonds. The summed E-state index contributed by atoms with van der Waals surface area (Å²) in [6, 6.07) is 0. The van der Waals surface area contributed by atoms with Crippen LogP contribution in [0.3, 0.4) is 0 Å². The SMILES string of the molecule is Cc1nc2sc3c(n2c1N1CC(F)(F)C1)CC(C)(C)CC3(C)C.O=CO. The Morgan fingerprint density at radius 2 is 1.81 bits per heavy atom. The first-order valence-corrected chi connectivity index (χ1v) is 9.44. The van der Waals surface area contributed by atoms with Crippen LogP contribution in [0, 0.1) is 12.3 Å². The molecule has 8 heteroatoms. The van der Waals surface area contributed by atoms with Crippen molar-refractivity contribution in [3.05, 3.63) is 16.3 Å². The highest BCUT2D eigenvalue weighted by molar-refractivity contribution is 7.17. The van der Waals surface area contributed by atoms with Crippen molar-refractivity contribution in [3.63, 3.8) is 0 Å². The van der Waals surface area contributed by atoms with Crippen LogP contribution in [0.2, 0.25) is 0 Å². The van der Waals surface area contributed by atoms with E-state index in [0.29, 0.717) is 0 Å². The molecule has 26 heavy (non-hydrogen) atoms. The van der Waals surface area contributed by atoms with E-state index in [0.717, 1.165) is 29.3 Å². The summed E-state index contributed by atoms with van der Waals surface area (Å²) >= 11 is 1.73. The molecule has 1 fully saturated rings. The highest BCUT2D eigenvalue weighted by Crippen LogP contribution is 2.50. The zero-order valence-corrected chi connectivity index (χ0v) is 16.6. The zero-order valence-electron chi connectivity index (χ0n) is 15.8. The van der Waals surface area contributed by atoms with Gasteiger partial charge in [-0.1, -0.05) is 27.7 Å². The molecular formula is C18H25F2N3O2S. The van der Waals surface area contributed by atoms with Gasteiger partial charge in [0.15, 0.2) is 4.96 Å². The minimum Gasteiger partial charge on any atom is -0.483 e. The molecule has 0 spiro atoms. The van der Waals surface area contributed by atoms with Gasteiger partial charge < -0.3 is 10.0 Å². The third-order valence-corrected chi connectivity index (χ3v) is 6.49. The van der Waals surface area contributed by atoms with Crippen molar-refractivity contribution in [1.82, 2.24) is 9.38 Å². The number of fused-ring (bicyclic) bond motifs is 3. The average molecular weight is 385 g/mol. The lowest BCUT2D eigenvalue weighted by Gasteiger charge is -2.42. The van der Waals surface area contributed by atoms with Crippen LogP contribution < -0.4 is 4.90 Å². The zero-order chi connectivity index (χ0) is 19.5. The first-order valence-electron chi connectivity index (χ1n) is 8.63. The lowest BCUT2D eigenvalue weighted by Crippen LogP contribution is -2.57. The van der Waals surface area contributed by atoms with Gasteiger partial charge in [-0.15, -0.1) is 11.3 Å². The summed E-state index contributed by atoms with van der Waals surface area (Å²) in [5.74, 6) is -1.69. The summed E-state index contributed by atoms with van der Waals surface area (Å²) in [5.41, 5.74) is 2.44. The van der Waals surface area contributed by atoms with Gasteiger partial charge in [-0.3, -0.25) is 9.20 Å².